The monoisotopic (exact) mass is 336 g/mol. The van der Waals surface area contributed by atoms with Gasteiger partial charge in [-0.1, -0.05) is 11.3 Å². The Labute approximate surface area is 136 Å². The van der Waals surface area contributed by atoms with Crippen molar-refractivity contribution in [2.75, 3.05) is 18.6 Å². The molecule has 1 amide bonds. The van der Waals surface area contributed by atoms with Crippen LogP contribution < -0.4 is 9.77 Å². The lowest BCUT2D eigenvalue weighted by atomic mass is 10.2. The number of hydrogen-bond acceptors (Lipinski definition) is 6. The Morgan fingerprint density at radius 3 is 2.78 bits per heavy atom. The second-order valence-corrected chi connectivity index (χ2v) is 6.48. The molecule has 0 aliphatic carbocycles. The molecule has 122 valence electrons. The summed E-state index contributed by atoms with van der Waals surface area (Å²) in [6.07, 6.45) is -1.53. The minimum atomic E-state index is -0.929. The number of amides is 1. The van der Waals surface area contributed by atoms with Gasteiger partial charge in [0.15, 0.2) is 0 Å². The fraction of sp³-hybridized carbons (Fsp3) is 0.400. The number of nitrogens with zero attached hydrogens (tertiary/aromatic N) is 2. The summed E-state index contributed by atoms with van der Waals surface area (Å²) < 4.78 is 12.1. The largest absolute Gasteiger partial charge is 0.466 e. The second kappa shape index (κ2) is 5.69. The fourth-order valence-electron chi connectivity index (χ4n) is 2.61. The quantitative estimate of drug-likeness (QED) is 0.803. The number of anilines is 1. The molecule has 8 heteroatoms. The van der Waals surface area contributed by atoms with Gasteiger partial charge in [0.1, 0.15) is 0 Å². The Bertz CT molecular complexity index is 838. The maximum Gasteiger partial charge on any atom is 0.415 e. The van der Waals surface area contributed by atoms with Crippen molar-refractivity contribution in [1.29, 1.82) is 0 Å². The molecular formula is C15H16N2O5S. The van der Waals surface area contributed by atoms with Crippen LogP contribution in [0.15, 0.2) is 23.0 Å². The van der Waals surface area contributed by atoms with Crippen molar-refractivity contribution in [2.45, 2.75) is 26.0 Å². The smallest absolute Gasteiger partial charge is 0.415 e. The molecule has 0 bridgehead atoms. The summed E-state index contributed by atoms with van der Waals surface area (Å²) in [7, 11) is 1.25. The molecule has 0 unspecified atom stereocenters. The first-order chi connectivity index (χ1) is 10.9. The van der Waals surface area contributed by atoms with E-state index in [0.29, 0.717) is 5.69 Å². The van der Waals surface area contributed by atoms with Gasteiger partial charge in [0.2, 0.25) is 6.10 Å². The maximum atomic E-state index is 12.1. The molecule has 1 aromatic heterocycles. The number of thiazole rings is 1. The highest BCUT2D eigenvalue weighted by molar-refractivity contribution is 7.16. The van der Waals surface area contributed by atoms with Gasteiger partial charge in [-0.15, -0.1) is 0 Å². The number of benzene rings is 1. The van der Waals surface area contributed by atoms with E-state index in [2.05, 4.69) is 4.74 Å². The Morgan fingerprint density at radius 1 is 1.39 bits per heavy atom. The Hall–Kier alpha value is -2.35. The van der Waals surface area contributed by atoms with Crippen LogP contribution in [0.5, 0.6) is 0 Å². The summed E-state index contributed by atoms with van der Waals surface area (Å²) in [6, 6.07) is 5.37. The van der Waals surface area contributed by atoms with Gasteiger partial charge in [-0.3, -0.25) is 14.3 Å². The highest BCUT2D eigenvalue weighted by Gasteiger charge is 2.37. The third kappa shape index (κ3) is 2.59. The van der Waals surface area contributed by atoms with Gasteiger partial charge in [0.05, 0.1) is 23.9 Å². The van der Waals surface area contributed by atoms with E-state index in [0.717, 1.165) is 21.6 Å². The number of hydrogen-bond donors (Lipinski definition) is 0. The summed E-state index contributed by atoms with van der Waals surface area (Å²) in [5, 5.41) is 0. The SMILES string of the molecule is COC(=O)[C@H]1CN(c2ccc3c(c2)sc(=O)n3C(C)C)C(=O)O1. The third-order valence-corrected chi connectivity index (χ3v) is 4.62. The van der Waals surface area contributed by atoms with Crippen molar-refractivity contribution in [2.24, 2.45) is 0 Å². The first-order valence-corrected chi connectivity index (χ1v) is 7.95. The molecule has 23 heavy (non-hydrogen) atoms. The molecule has 1 saturated heterocycles. The van der Waals surface area contributed by atoms with Crippen molar-refractivity contribution in [3.8, 4) is 0 Å². The standard InChI is InChI=1S/C15H16N2O5S/c1-8(2)17-10-5-4-9(6-12(10)23-15(17)20)16-7-11(13(18)21-3)22-14(16)19/h4-6,8,11H,7H2,1-3H3/t11-/m1/s1. The molecule has 2 aromatic rings. The van der Waals surface area contributed by atoms with Crippen molar-refractivity contribution >= 4 is 39.3 Å². The molecular weight excluding hydrogens is 320 g/mol. The van der Waals surface area contributed by atoms with Crippen molar-refractivity contribution in [3.05, 3.63) is 27.9 Å². The molecule has 0 spiro atoms. The normalized spacial score (nSPS) is 17.8. The minimum Gasteiger partial charge on any atom is -0.466 e. The number of ether oxygens (including phenoxy) is 2. The van der Waals surface area contributed by atoms with Crippen LogP contribution in [0.2, 0.25) is 0 Å². The summed E-state index contributed by atoms with van der Waals surface area (Å²) in [4.78, 5) is 36.9. The molecule has 1 aliphatic rings. The maximum absolute atomic E-state index is 12.1. The van der Waals surface area contributed by atoms with E-state index in [9.17, 15) is 14.4 Å². The van der Waals surface area contributed by atoms with E-state index >= 15 is 0 Å². The Balaban J connectivity index is 1.97. The van der Waals surface area contributed by atoms with Gasteiger partial charge in [0.25, 0.3) is 0 Å². The molecule has 2 heterocycles. The van der Waals surface area contributed by atoms with Crippen LogP contribution in [-0.2, 0) is 14.3 Å². The van der Waals surface area contributed by atoms with Gasteiger partial charge >= 0.3 is 16.9 Å². The summed E-state index contributed by atoms with van der Waals surface area (Å²) >= 11 is 1.13. The lowest BCUT2D eigenvalue weighted by molar-refractivity contribution is -0.148. The van der Waals surface area contributed by atoms with Gasteiger partial charge in [-0.05, 0) is 32.0 Å². The lowest BCUT2D eigenvalue weighted by Crippen LogP contribution is -2.28. The van der Waals surface area contributed by atoms with Gasteiger partial charge in [-0.2, -0.15) is 0 Å². The molecule has 1 aliphatic heterocycles. The number of fused-ring (bicyclic) bond motifs is 1. The predicted molar refractivity (Wildman–Crippen MR) is 86.1 cm³/mol. The van der Waals surface area contributed by atoms with Crippen LogP contribution in [0.25, 0.3) is 10.2 Å². The molecule has 7 nitrogen and oxygen atoms in total. The molecule has 0 radical (unpaired) electrons. The van der Waals surface area contributed by atoms with Crippen LogP contribution in [-0.4, -0.2) is 36.4 Å². The number of carbonyl (C=O) groups is 2. The van der Waals surface area contributed by atoms with Gasteiger partial charge in [0, 0.05) is 11.7 Å². The zero-order valence-corrected chi connectivity index (χ0v) is 13.8. The first kappa shape index (κ1) is 15.5. The van der Waals surface area contributed by atoms with E-state index in [4.69, 9.17) is 4.74 Å². The highest BCUT2D eigenvalue weighted by Crippen LogP contribution is 2.28. The topological polar surface area (TPSA) is 77.8 Å². The minimum absolute atomic E-state index is 0.0383. The average Bonchev–Trinajstić information content (AvgIpc) is 3.04. The van der Waals surface area contributed by atoms with Gasteiger partial charge < -0.3 is 9.47 Å². The number of rotatable bonds is 3. The number of aromatic nitrogens is 1. The first-order valence-electron chi connectivity index (χ1n) is 7.13. The third-order valence-electron chi connectivity index (χ3n) is 3.70. The van der Waals surface area contributed by atoms with Crippen molar-refractivity contribution in [3.63, 3.8) is 0 Å². The molecule has 0 saturated carbocycles. The van der Waals surface area contributed by atoms with Crippen LogP contribution in [0.1, 0.15) is 19.9 Å². The van der Waals surface area contributed by atoms with Crippen molar-refractivity contribution in [1.82, 2.24) is 4.57 Å². The molecule has 3 rings (SSSR count). The van der Waals surface area contributed by atoms with E-state index < -0.39 is 18.2 Å². The summed E-state index contributed by atoms with van der Waals surface area (Å²) in [6.45, 7) is 3.98. The zero-order valence-electron chi connectivity index (χ0n) is 12.9. The van der Waals surface area contributed by atoms with Crippen LogP contribution >= 0.6 is 11.3 Å². The Kier molecular flexibility index (Phi) is 3.85. The highest BCUT2D eigenvalue weighted by atomic mass is 32.1. The predicted octanol–water partition coefficient (Wildman–Crippen LogP) is 2.14. The Morgan fingerprint density at radius 2 is 2.13 bits per heavy atom. The van der Waals surface area contributed by atoms with E-state index in [1.807, 2.05) is 13.8 Å². The van der Waals surface area contributed by atoms with Gasteiger partial charge in [-0.25, -0.2) is 9.59 Å². The molecule has 1 fully saturated rings. The summed E-state index contributed by atoms with van der Waals surface area (Å²) in [5.74, 6) is -0.586. The lowest BCUT2D eigenvalue weighted by Gasteiger charge is -2.13. The zero-order chi connectivity index (χ0) is 16.7. The van der Waals surface area contributed by atoms with Crippen LogP contribution in [0.3, 0.4) is 0 Å². The summed E-state index contributed by atoms with van der Waals surface area (Å²) in [5.41, 5.74) is 1.42. The fourth-order valence-corrected chi connectivity index (χ4v) is 3.66. The number of esters is 1. The number of carbonyl (C=O) groups excluding carboxylic acids is 2. The van der Waals surface area contributed by atoms with E-state index in [1.165, 1.54) is 12.0 Å². The average molecular weight is 336 g/mol. The number of methoxy groups -OCH3 is 1. The van der Waals surface area contributed by atoms with Crippen LogP contribution in [0.4, 0.5) is 10.5 Å². The number of cyclic esters (lactones) is 1. The molecule has 0 N–H and O–H groups in total. The van der Waals surface area contributed by atoms with Crippen LogP contribution in [0, 0.1) is 0 Å². The second-order valence-electron chi connectivity index (χ2n) is 5.49. The molecule has 1 aromatic carbocycles. The van der Waals surface area contributed by atoms with E-state index in [1.54, 1.807) is 22.8 Å². The van der Waals surface area contributed by atoms with E-state index in [-0.39, 0.29) is 17.5 Å². The molecule has 1 atom stereocenters. The van der Waals surface area contributed by atoms with Crippen molar-refractivity contribution < 1.29 is 19.1 Å².